The fourth-order valence-electron chi connectivity index (χ4n) is 4.07. The predicted molar refractivity (Wildman–Crippen MR) is 129 cm³/mol. The number of aryl methyl sites for hydroxylation is 1. The van der Waals surface area contributed by atoms with Crippen LogP contribution in [0.3, 0.4) is 0 Å². The van der Waals surface area contributed by atoms with Crippen molar-refractivity contribution in [2.75, 3.05) is 13.1 Å². The van der Waals surface area contributed by atoms with Gasteiger partial charge in [-0.25, -0.2) is 12.7 Å². The highest BCUT2D eigenvalue weighted by molar-refractivity contribution is 7.88. The van der Waals surface area contributed by atoms with Crippen LogP contribution in [0.1, 0.15) is 40.5 Å². The van der Waals surface area contributed by atoms with Crippen LogP contribution in [0, 0.1) is 12.8 Å². The van der Waals surface area contributed by atoms with E-state index in [0.717, 1.165) is 16.0 Å². The Hall–Kier alpha value is -2.48. The third-order valence-corrected chi connectivity index (χ3v) is 8.72. The molecule has 1 fully saturated rings. The van der Waals surface area contributed by atoms with Crippen molar-refractivity contribution in [2.45, 2.75) is 31.6 Å². The number of benzene rings is 2. The van der Waals surface area contributed by atoms with E-state index >= 15 is 0 Å². The molecule has 1 aromatic heterocycles. The fraction of sp³-hybridized carbons (Fsp3) is 0.320. The third kappa shape index (κ3) is 5.46. The first-order valence-corrected chi connectivity index (χ1v) is 13.3. The molecule has 1 atom stereocenters. The molecule has 1 aliphatic heterocycles. The Kier molecular flexibility index (Phi) is 7.08. The van der Waals surface area contributed by atoms with Crippen LogP contribution in [0.5, 0.6) is 0 Å². The van der Waals surface area contributed by atoms with Crippen LogP contribution in [-0.4, -0.2) is 31.7 Å². The zero-order valence-electron chi connectivity index (χ0n) is 18.1. The van der Waals surface area contributed by atoms with Crippen molar-refractivity contribution in [3.05, 3.63) is 93.7 Å². The minimum absolute atomic E-state index is 0.00141. The second kappa shape index (κ2) is 9.98. The van der Waals surface area contributed by atoms with E-state index in [2.05, 4.69) is 29.6 Å². The average molecular weight is 469 g/mol. The first-order chi connectivity index (χ1) is 15.4. The molecule has 1 N–H and O–H groups in total. The molecule has 3 aromatic rings. The highest BCUT2D eigenvalue weighted by Gasteiger charge is 2.32. The standard InChI is InChI=1S/C25H28N2O3S2/c1-19-9-11-21(12-10-19)24(23-8-5-17-31-23)26-25(28)22-13-15-27(16-14-22)32(29,30)18-20-6-3-2-4-7-20/h2-12,17,22,24H,13-16,18H2,1H3,(H,26,28). The summed E-state index contributed by atoms with van der Waals surface area (Å²) in [4.78, 5) is 14.2. The summed E-state index contributed by atoms with van der Waals surface area (Å²) in [6.07, 6.45) is 1.07. The van der Waals surface area contributed by atoms with Gasteiger partial charge in [-0.15, -0.1) is 11.3 Å². The molecule has 0 spiro atoms. The Morgan fingerprint density at radius 1 is 1.03 bits per heavy atom. The molecule has 0 bridgehead atoms. The van der Waals surface area contributed by atoms with Gasteiger partial charge in [0.25, 0.3) is 0 Å². The van der Waals surface area contributed by atoms with E-state index in [-0.39, 0.29) is 23.6 Å². The maximum Gasteiger partial charge on any atom is 0.223 e. The number of thiophene rings is 1. The van der Waals surface area contributed by atoms with Crippen LogP contribution in [0.25, 0.3) is 0 Å². The normalized spacial score (nSPS) is 16.5. The number of piperidine rings is 1. The lowest BCUT2D eigenvalue weighted by Crippen LogP contribution is -2.44. The Morgan fingerprint density at radius 2 is 1.72 bits per heavy atom. The average Bonchev–Trinajstić information content (AvgIpc) is 3.33. The van der Waals surface area contributed by atoms with Gasteiger partial charge in [-0.2, -0.15) is 0 Å². The van der Waals surface area contributed by atoms with Crippen LogP contribution in [0.4, 0.5) is 0 Å². The fourth-order valence-corrected chi connectivity index (χ4v) is 6.43. The van der Waals surface area contributed by atoms with Gasteiger partial charge < -0.3 is 5.32 Å². The van der Waals surface area contributed by atoms with Crippen LogP contribution in [0.2, 0.25) is 0 Å². The summed E-state index contributed by atoms with van der Waals surface area (Å²) < 4.78 is 27.1. The lowest BCUT2D eigenvalue weighted by Gasteiger charge is -2.31. The van der Waals surface area contributed by atoms with E-state index in [1.54, 1.807) is 11.3 Å². The summed E-state index contributed by atoms with van der Waals surface area (Å²) >= 11 is 1.62. The summed E-state index contributed by atoms with van der Waals surface area (Å²) in [5.74, 6) is -0.200. The Balaban J connectivity index is 1.39. The van der Waals surface area contributed by atoms with E-state index in [0.29, 0.717) is 25.9 Å². The monoisotopic (exact) mass is 468 g/mol. The minimum atomic E-state index is -3.39. The van der Waals surface area contributed by atoms with Crippen molar-refractivity contribution < 1.29 is 13.2 Å². The van der Waals surface area contributed by atoms with E-state index in [4.69, 9.17) is 0 Å². The van der Waals surface area contributed by atoms with Crippen molar-refractivity contribution in [3.8, 4) is 0 Å². The van der Waals surface area contributed by atoms with Gasteiger partial charge >= 0.3 is 0 Å². The first kappa shape index (κ1) is 22.7. The van der Waals surface area contributed by atoms with Gasteiger partial charge in [0.2, 0.25) is 15.9 Å². The second-order valence-electron chi connectivity index (χ2n) is 8.28. The molecule has 2 aromatic carbocycles. The van der Waals surface area contributed by atoms with E-state index in [1.165, 1.54) is 9.87 Å². The molecular formula is C25H28N2O3S2. The number of hydrogen-bond acceptors (Lipinski definition) is 4. The van der Waals surface area contributed by atoms with Gasteiger partial charge in [-0.05, 0) is 42.3 Å². The molecule has 0 saturated carbocycles. The molecule has 5 nitrogen and oxygen atoms in total. The van der Waals surface area contributed by atoms with Crippen LogP contribution >= 0.6 is 11.3 Å². The Labute approximate surface area is 194 Å². The number of nitrogens with zero attached hydrogens (tertiary/aromatic N) is 1. The highest BCUT2D eigenvalue weighted by atomic mass is 32.2. The molecule has 1 amide bonds. The predicted octanol–water partition coefficient (Wildman–Crippen LogP) is 4.50. The molecule has 0 radical (unpaired) electrons. The van der Waals surface area contributed by atoms with E-state index < -0.39 is 10.0 Å². The largest absolute Gasteiger partial charge is 0.344 e. The van der Waals surface area contributed by atoms with Gasteiger partial charge in [0.15, 0.2) is 0 Å². The lowest BCUT2D eigenvalue weighted by molar-refractivity contribution is -0.126. The maximum absolute atomic E-state index is 13.1. The number of rotatable bonds is 7. The molecule has 2 heterocycles. The van der Waals surface area contributed by atoms with Crippen LogP contribution in [0.15, 0.2) is 72.1 Å². The third-order valence-electron chi connectivity index (χ3n) is 5.93. The molecule has 1 aliphatic rings. The quantitative estimate of drug-likeness (QED) is 0.555. The van der Waals surface area contributed by atoms with Crippen molar-refractivity contribution in [3.63, 3.8) is 0 Å². The first-order valence-electron chi connectivity index (χ1n) is 10.8. The van der Waals surface area contributed by atoms with E-state index in [9.17, 15) is 13.2 Å². The van der Waals surface area contributed by atoms with Gasteiger partial charge in [0.05, 0.1) is 11.8 Å². The summed E-state index contributed by atoms with van der Waals surface area (Å²) in [7, 11) is -3.39. The molecule has 32 heavy (non-hydrogen) atoms. The number of hydrogen-bond donors (Lipinski definition) is 1. The molecule has 0 aliphatic carbocycles. The number of carbonyl (C=O) groups excluding carboxylic acids is 1. The maximum atomic E-state index is 13.1. The number of nitrogens with one attached hydrogen (secondary N) is 1. The van der Waals surface area contributed by atoms with E-state index in [1.807, 2.05) is 54.8 Å². The molecule has 4 rings (SSSR count). The van der Waals surface area contributed by atoms with Crippen molar-refractivity contribution in [1.29, 1.82) is 0 Å². The Bertz CT molecular complexity index is 1120. The molecule has 1 saturated heterocycles. The molecule has 1 unspecified atom stereocenters. The van der Waals surface area contributed by atoms with Crippen molar-refractivity contribution in [1.82, 2.24) is 9.62 Å². The lowest BCUT2D eigenvalue weighted by atomic mass is 9.95. The number of carbonyl (C=O) groups is 1. The molecule has 7 heteroatoms. The summed E-state index contributed by atoms with van der Waals surface area (Å²) in [5, 5.41) is 5.23. The SMILES string of the molecule is Cc1ccc(C(NC(=O)C2CCN(S(=O)(=O)Cc3ccccc3)CC2)c2cccs2)cc1. The zero-order chi connectivity index (χ0) is 22.6. The smallest absolute Gasteiger partial charge is 0.223 e. The van der Waals surface area contributed by atoms with Crippen molar-refractivity contribution in [2.24, 2.45) is 5.92 Å². The van der Waals surface area contributed by atoms with Gasteiger partial charge in [-0.1, -0.05) is 66.2 Å². The minimum Gasteiger partial charge on any atom is -0.344 e. The highest BCUT2D eigenvalue weighted by Crippen LogP contribution is 2.28. The van der Waals surface area contributed by atoms with Crippen molar-refractivity contribution >= 4 is 27.3 Å². The van der Waals surface area contributed by atoms with Gasteiger partial charge in [0, 0.05) is 23.9 Å². The van der Waals surface area contributed by atoms with Crippen LogP contribution in [-0.2, 0) is 20.6 Å². The Morgan fingerprint density at radius 3 is 2.34 bits per heavy atom. The summed E-state index contributed by atoms with van der Waals surface area (Å²) in [6, 6.07) is 21.3. The second-order valence-corrected chi connectivity index (χ2v) is 11.2. The summed E-state index contributed by atoms with van der Waals surface area (Å²) in [6.45, 7) is 2.80. The molecular weight excluding hydrogens is 440 g/mol. The number of sulfonamides is 1. The summed E-state index contributed by atoms with van der Waals surface area (Å²) in [5.41, 5.74) is 3.01. The zero-order valence-corrected chi connectivity index (χ0v) is 19.7. The van der Waals surface area contributed by atoms with Gasteiger partial charge in [-0.3, -0.25) is 4.79 Å². The molecule has 168 valence electrons. The van der Waals surface area contributed by atoms with Gasteiger partial charge in [0.1, 0.15) is 0 Å². The topological polar surface area (TPSA) is 66.5 Å². The number of amides is 1. The van der Waals surface area contributed by atoms with Crippen LogP contribution < -0.4 is 5.32 Å².